The van der Waals surface area contributed by atoms with E-state index < -0.39 is 31.1 Å². The molecule has 0 spiro atoms. The number of nitrogens with zero attached hydrogens (tertiary/aromatic N) is 6. The molecule has 166 valence electrons. The summed E-state index contributed by atoms with van der Waals surface area (Å²) < 4.78 is 9.05. The van der Waals surface area contributed by atoms with E-state index >= 15 is 0 Å². The van der Waals surface area contributed by atoms with Gasteiger partial charge in [-0.1, -0.05) is 19.3 Å². The quantitative estimate of drug-likeness (QED) is 0.452. The largest absolute Gasteiger partial charge is 0.394 e. The third-order valence-corrected chi connectivity index (χ3v) is 6.30. The molecule has 1 saturated heterocycles. The van der Waals surface area contributed by atoms with Crippen molar-refractivity contribution in [2.45, 2.75) is 63.2 Å². The zero-order valence-corrected chi connectivity index (χ0v) is 17.1. The number of ether oxygens (including phenoxy) is 1. The number of aliphatic hydroxyl groups excluding tert-OH is 3. The van der Waals surface area contributed by atoms with Crippen molar-refractivity contribution in [2.75, 3.05) is 12.3 Å². The molecule has 2 fully saturated rings. The molecule has 5 N–H and O–H groups in total. The molecule has 0 radical (unpaired) electrons. The highest BCUT2D eigenvalue weighted by atomic mass is 16.6. The zero-order chi connectivity index (χ0) is 21.5. The summed E-state index contributed by atoms with van der Waals surface area (Å²) in [5.74, 6) is 1.24. The number of nitrogen functional groups attached to an aromatic ring is 1. The number of imidazole rings is 1. The first-order chi connectivity index (χ1) is 15.0. The maximum absolute atomic E-state index is 10.4. The van der Waals surface area contributed by atoms with Crippen LogP contribution < -0.4 is 5.73 Å². The third-order valence-electron chi connectivity index (χ3n) is 6.30. The van der Waals surface area contributed by atoms with Crippen molar-refractivity contribution in [3.63, 3.8) is 0 Å². The number of rotatable bonds is 5. The first kappa shape index (κ1) is 20.3. The van der Waals surface area contributed by atoms with Gasteiger partial charge < -0.3 is 25.8 Å². The molecular formula is C20H27N7O4. The Morgan fingerprint density at radius 3 is 2.68 bits per heavy atom. The lowest BCUT2D eigenvalue weighted by Gasteiger charge is -2.21. The molecule has 1 aliphatic carbocycles. The summed E-state index contributed by atoms with van der Waals surface area (Å²) in [6, 6.07) is 0. The van der Waals surface area contributed by atoms with Crippen LogP contribution in [0.5, 0.6) is 0 Å². The smallest absolute Gasteiger partial charge is 0.168 e. The molecule has 3 aromatic rings. The second-order valence-electron chi connectivity index (χ2n) is 8.44. The minimum absolute atomic E-state index is 0.200. The van der Waals surface area contributed by atoms with E-state index in [0.29, 0.717) is 22.9 Å². The van der Waals surface area contributed by atoms with Gasteiger partial charge >= 0.3 is 0 Å². The van der Waals surface area contributed by atoms with Crippen molar-refractivity contribution in [1.29, 1.82) is 0 Å². The van der Waals surface area contributed by atoms with Gasteiger partial charge in [0.1, 0.15) is 23.8 Å². The lowest BCUT2D eigenvalue weighted by Crippen LogP contribution is -2.33. The maximum atomic E-state index is 10.4. The van der Waals surface area contributed by atoms with E-state index in [0.717, 1.165) is 12.1 Å². The second kappa shape index (κ2) is 8.15. The molecule has 4 atom stereocenters. The predicted molar refractivity (Wildman–Crippen MR) is 111 cm³/mol. The Bertz CT molecular complexity index is 1060. The van der Waals surface area contributed by atoms with Gasteiger partial charge in [0.05, 0.1) is 24.7 Å². The number of hydrogen-bond donors (Lipinski definition) is 4. The summed E-state index contributed by atoms with van der Waals surface area (Å²) >= 11 is 0. The third kappa shape index (κ3) is 3.67. The number of aliphatic hydroxyl groups is 3. The van der Waals surface area contributed by atoms with Crippen molar-refractivity contribution >= 4 is 17.0 Å². The lowest BCUT2D eigenvalue weighted by atomic mass is 9.89. The van der Waals surface area contributed by atoms with Gasteiger partial charge in [-0.05, 0) is 18.8 Å². The monoisotopic (exact) mass is 429 g/mol. The van der Waals surface area contributed by atoms with Crippen molar-refractivity contribution in [3.8, 4) is 11.4 Å². The highest BCUT2D eigenvalue weighted by Crippen LogP contribution is 2.33. The van der Waals surface area contributed by atoms with E-state index in [-0.39, 0.29) is 5.82 Å². The predicted octanol–water partition coefficient (Wildman–Crippen LogP) is 0.464. The van der Waals surface area contributed by atoms with E-state index in [4.69, 9.17) is 10.5 Å². The molecule has 3 aromatic heterocycles. The fourth-order valence-electron chi connectivity index (χ4n) is 4.58. The van der Waals surface area contributed by atoms with Gasteiger partial charge in [0, 0.05) is 12.7 Å². The maximum Gasteiger partial charge on any atom is 0.168 e. The first-order valence-electron chi connectivity index (χ1n) is 10.7. The van der Waals surface area contributed by atoms with Crippen molar-refractivity contribution < 1.29 is 20.1 Å². The van der Waals surface area contributed by atoms with Crippen LogP contribution in [0.4, 0.5) is 5.82 Å². The van der Waals surface area contributed by atoms with Crippen LogP contribution in [0.15, 0.2) is 18.7 Å². The number of hydrogen-bond acceptors (Lipinski definition) is 9. The van der Waals surface area contributed by atoms with Crippen LogP contribution in [0.25, 0.3) is 22.6 Å². The first-order valence-corrected chi connectivity index (χ1v) is 10.7. The van der Waals surface area contributed by atoms with Crippen LogP contribution in [-0.4, -0.2) is 69.5 Å². The van der Waals surface area contributed by atoms with Gasteiger partial charge in [-0.3, -0.25) is 9.25 Å². The Labute approximate surface area is 178 Å². The van der Waals surface area contributed by atoms with Gasteiger partial charge in [0.2, 0.25) is 0 Å². The number of nitrogens with two attached hydrogens (primary N) is 1. The molecule has 1 aliphatic heterocycles. The summed E-state index contributed by atoms with van der Waals surface area (Å²) in [5, 5.41) is 34.3. The average molecular weight is 429 g/mol. The Hall–Kier alpha value is -2.60. The van der Waals surface area contributed by atoms with Gasteiger partial charge in [-0.25, -0.2) is 15.0 Å². The molecule has 0 bridgehead atoms. The van der Waals surface area contributed by atoms with E-state index in [1.165, 1.54) is 43.0 Å². The Morgan fingerprint density at radius 2 is 1.94 bits per heavy atom. The fraction of sp³-hybridized carbons (Fsp3) is 0.600. The van der Waals surface area contributed by atoms with Crippen LogP contribution in [0.3, 0.4) is 0 Å². The molecule has 0 amide bonds. The Balaban J connectivity index is 1.45. The van der Waals surface area contributed by atoms with Crippen molar-refractivity contribution in [1.82, 2.24) is 29.3 Å². The lowest BCUT2D eigenvalue weighted by molar-refractivity contribution is -0.0511. The van der Waals surface area contributed by atoms with Crippen molar-refractivity contribution in [3.05, 3.63) is 18.7 Å². The molecule has 5 rings (SSSR count). The molecule has 0 aromatic carbocycles. The molecule has 4 heterocycles. The zero-order valence-electron chi connectivity index (χ0n) is 17.1. The summed E-state index contributed by atoms with van der Waals surface area (Å²) in [5.41, 5.74) is 7.61. The van der Waals surface area contributed by atoms with Gasteiger partial charge in [0.15, 0.2) is 23.5 Å². The molecule has 1 saturated carbocycles. The van der Waals surface area contributed by atoms with E-state index in [1.807, 2.05) is 10.9 Å². The minimum atomic E-state index is -1.24. The summed E-state index contributed by atoms with van der Waals surface area (Å²) in [7, 11) is 0. The normalized spacial score (nSPS) is 27.3. The molecule has 2 aliphatic rings. The highest BCUT2D eigenvalue weighted by Gasteiger charge is 2.44. The molecule has 31 heavy (non-hydrogen) atoms. The van der Waals surface area contributed by atoms with E-state index in [1.54, 1.807) is 6.20 Å². The fourth-order valence-corrected chi connectivity index (χ4v) is 4.58. The minimum Gasteiger partial charge on any atom is -0.394 e. The van der Waals surface area contributed by atoms with Gasteiger partial charge in [-0.2, -0.15) is 5.10 Å². The Morgan fingerprint density at radius 1 is 1.13 bits per heavy atom. The van der Waals surface area contributed by atoms with Crippen LogP contribution in [0.2, 0.25) is 0 Å². The molecular weight excluding hydrogens is 402 g/mol. The summed E-state index contributed by atoms with van der Waals surface area (Å²) in [6.45, 7) is 0.460. The second-order valence-corrected chi connectivity index (χ2v) is 8.44. The SMILES string of the molecule is Nc1nc(-c2cnn(CC3CCCCC3)c2)nc2c1ncn2C1O[C@H](CO)C(O)[C@H]1O. The molecule has 11 heteroatoms. The number of anilines is 1. The van der Waals surface area contributed by atoms with Crippen LogP contribution in [0, 0.1) is 5.92 Å². The van der Waals surface area contributed by atoms with Crippen molar-refractivity contribution in [2.24, 2.45) is 5.92 Å². The summed E-state index contributed by atoms with van der Waals surface area (Å²) in [6.07, 6.45) is 7.10. The highest BCUT2D eigenvalue weighted by molar-refractivity contribution is 5.83. The van der Waals surface area contributed by atoms with E-state index in [2.05, 4.69) is 20.1 Å². The topological polar surface area (TPSA) is 157 Å². The molecule has 2 unspecified atom stereocenters. The van der Waals surface area contributed by atoms with E-state index in [9.17, 15) is 15.3 Å². The van der Waals surface area contributed by atoms with Crippen LogP contribution in [0.1, 0.15) is 38.3 Å². The van der Waals surface area contributed by atoms with Gasteiger partial charge in [-0.15, -0.1) is 0 Å². The average Bonchev–Trinajstić information content (AvgIpc) is 3.48. The van der Waals surface area contributed by atoms with Crippen LogP contribution in [-0.2, 0) is 11.3 Å². The Kier molecular flexibility index (Phi) is 5.34. The van der Waals surface area contributed by atoms with Crippen LogP contribution >= 0.6 is 0 Å². The number of fused-ring (bicyclic) bond motifs is 1. The number of aromatic nitrogens is 6. The summed E-state index contributed by atoms with van der Waals surface area (Å²) in [4.78, 5) is 13.2. The standard InChI is InChI=1S/C20H27N7O4/c21-17-14-19(27(10-22-14)20-16(30)15(29)13(9-28)31-20)25-18(24-17)12-6-23-26(8-12)7-11-4-2-1-3-5-11/h6,8,10-11,13,15-16,20,28-30H,1-5,7,9H2,(H2,21,24,25)/t13-,15?,16-,20?/m1/s1. The molecule has 11 nitrogen and oxygen atoms in total. The van der Waals surface area contributed by atoms with Gasteiger partial charge in [0.25, 0.3) is 0 Å².